The second kappa shape index (κ2) is 8.33. The number of halogens is 2. The lowest BCUT2D eigenvalue weighted by Crippen LogP contribution is -2.28. The zero-order valence-electron chi connectivity index (χ0n) is 12.6. The van der Waals surface area contributed by atoms with E-state index >= 15 is 0 Å². The Hall–Kier alpha value is -1.34. The van der Waals surface area contributed by atoms with Crippen molar-refractivity contribution in [3.63, 3.8) is 0 Å². The van der Waals surface area contributed by atoms with Gasteiger partial charge in [0.25, 0.3) is 0 Å². The first-order chi connectivity index (χ1) is 9.99. The van der Waals surface area contributed by atoms with Crippen LogP contribution in [0.3, 0.4) is 0 Å². The SMILES string of the molecule is CC(C)(CN=C(N)Nc1ccccn1)c1ccccc1Cl.I. The Bertz CT molecular complexity index is 629. The van der Waals surface area contributed by atoms with E-state index in [0.717, 1.165) is 10.6 Å². The van der Waals surface area contributed by atoms with Crippen molar-refractivity contribution in [1.29, 1.82) is 0 Å². The molecule has 0 atom stereocenters. The molecule has 0 radical (unpaired) electrons. The maximum atomic E-state index is 6.25. The Morgan fingerprint density at radius 2 is 1.91 bits per heavy atom. The summed E-state index contributed by atoms with van der Waals surface area (Å²) in [5.41, 5.74) is 6.75. The fourth-order valence-electron chi connectivity index (χ4n) is 1.99. The van der Waals surface area contributed by atoms with E-state index in [-0.39, 0.29) is 29.4 Å². The number of pyridine rings is 1. The van der Waals surface area contributed by atoms with Gasteiger partial charge in [-0.15, -0.1) is 24.0 Å². The molecule has 3 N–H and O–H groups in total. The number of nitrogens with one attached hydrogen (secondary N) is 1. The van der Waals surface area contributed by atoms with Gasteiger partial charge >= 0.3 is 0 Å². The number of benzene rings is 1. The third-order valence-electron chi connectivity index (χ3n) is 3.17. The first-order valence-corrected chi connectivity index (χ1v) is 7.10. The van der Waals surface area contributed by atoms with Gasteiger partial charge in [-0.25, -0.2) is 4.98 Å². The zero-order valence-corrected chi connectivity index (χ0v) is 15.7. The van der Waals surface area contributed by atoms with Gasteiger partial charge in [0.15, 0.2) is 5.96 Å². The number of aromatic nitrogens is 1. The van der Waals surface area contributed by atoms with Gasteiger partial charge < -0.3 is 11.1 Å². The maximum absolute atomic E-state index is 6.25. The lowest BCUT2D eigenvalue weighted by atomic mass is 9.85. The quantitative estimate of drug-likeness (QED) is 0.437. The van der Waals surface area contributed by atoms with E-state index in [1.807, 2.05) is 42.5 Å². The van der Waals surface area contributed by atoms with Crippen molar-refractivity contribution in [2.45, 2.75) is 19.3 Å². The summed E-state index contributed by atoms with van der Waals surface area (Å²) in [5, 5.41) is 3.71. The summed E-state index contributed by atoms with van der Waals surface area (Å²) in [5.74, 6) is 1.02. The van der Waals surface area contributed by atoms with Gasteiger partial charge in [-0.2, -0.15) is 0 Å². The monoisotopic (exact) mass is 430 g/mol. The van der Waals surface area contributed by atoms with E-state index in [0.29, 0.717) is 18.3 Å². The van der Waals surface area contributed by atoms with Crippen LogP contribution in [0.25, 0.3) is 0 Å². The summed E-state index contributed by atoms with van der Waals surface area (Å²) < 4.78 is 0. The van der Waals surface area contributed by atoms with Gasteiger partial charge in [0.2, 0.25) is 0 Å². The van der Waals surface area contributed by atoms with E-state index in [9.17, 15) is 0 Å². The predicted octanol–water partition coefficient (Wildman–Crippen LogP) is 4.06. The normalized spacial score (nSPS) is 11.7. The third-order valence-corrected chi connectivity index (χ3v) is 3.50. The molecule has 22 heavy (non-hydrogen) atoms. The van der Waals surface area contributed by atoms with Crippen molar-refractivity contribution in [2.24, 2.45) is 10.7 Å². The highest BCUT2D eigenvalue weighted by molar-refractivity contribution is 14.0. The molecule has 6 heteroatoms. The van der Waals surface area contributed by atoms with Gasteiger partial charge in [-0.3, -0.25) is 4.99 Å². The van der Waals surface area contributed by atoms with Crippen LogP contribution in [0.15, 0.2) is 53.7 Å². The van der Waals surface area contributed by atoms with Crippen LogP contribution in [-0.4, -0.2) is 17.5 Å². The van der Waals surface area contributed by atoms with Crippen LogP contribution in [0.1, 0.15) is 19.4 Å². The van der Waals surface area contributed by atoms with Gasteiger partial charge in [-0.1, -0.05) is 49.7 Å². The number of aliphatic imine (C=N–C) groups is 1. The van der Waals surface area contributed by atoms with E-state index in [2.05, 4.69) is 29.1 Å². The summed E-state index contributed by atoms with van der Waals surface area (Å²) in [6.07, 6.45) is 1.70. The Morgan fingerprint density at radius 3 is 2.55 bits per heavy atom. The Kier molecular flexibility index (Phi) is 7.09. The van der Waals surface area contributed by atoms with Crippen LogP contribution >= 0.6 is 35.6 Å². The molecule has 1 aromatic heterocycles. The van der Waals surface area contributed by atoms with Crippen LogP contribution in [0.4, 0.5) is 5.82 Å². The summed E-state index contributed by atoms with van der Waals surface area (Å²) in [6, 6.07) is 13.4. The highest BCUT2D eigenvalue weighted by Crippen LogP contribution is 2.29. The van der Waals surface area contributed by atoms with Crippen molar-refractivity contribution < 1.29 is 0 Å². The van der Waals surface area contributed by atoms with Crippen molar-refractivity contribution in [2.75, 3.05) is 11.9 Å². The van der Waals surface area contributed by atoms with Crippen LogP contribution in [0, 0.1) is 0 Å². The summed E-state index contributed by atoms with van der Waals surface area (Å²) in [6.45, 7) is 4.71. The second-order valence-electron chi connectivity index (χ2n) is 5.41. The molecule has 2 aromatic rings. The van der Waals surface area contributed by atoms with E-state index in [4.69, 9.17) is 17.3 Å². The number of hydrogen-bond donors (Lipinski definition) is 2. The molecule has 2 rings (SSSR count). The van der Waals surface area contributed by atoms with Crippen molar-refractivity contribution >= 4 is 47.4 Å². The second-order valence-corrected chi connectivity index (χ2v) is 5.81. The zero-order chi connectivity index (χ0) is 15.3. The van der Waals surface area contributed by atoms with Crippen LogP contribution in [0.5, 0.6) is 0 Å². The fraction of sp³-hybridized carbons (Fsp3) is 0.250. The van der Waals surface area contributed by atoms with Gasteiger partial charge in [0.1, 0.15) is 5.82 Å². The lowest BCUT2D eigenvalue weighted by molar-refractivity contribution is 0.540. The average Bonchev–Trinajstić information content (AvgIpc) is 2.47. The number of anilines is 1. The Balaban J connectivity index is 0.00000242. The first kappa shape index (κ1) is 18.7. The summed E-state index contributed by atoms with van der Waals surface area (Å²) in [4.78, 5) is 8.54. The van der Waals surface area contributed by atoms with E-state index in [1.165, 1.54) is 0 Å². The fourth-order valence-corrected chi connectivity index (χ4v) is 2.38. The molecular weight excluding hydrogens is 411 g/mol. The molecule has 1 heterocycles. The van der Waals surface area contributed by atoms with Gasteiger partial charge in [0.05, 0.1) is 6.54 Å². The molecular formula is C16H20ClIN4. The molecule has 118 valence electrons. The average molecular weight is 431 g/mol. The molecule has 0 fully saturated rings. The largest absolute Gasteiger partial charge is 0.370 e. The van der Waals surface area contributed by atoms with Crippen molar-refractivity contribution in [3.05, 3.63) is 59.2 Å². The van der Waals surface area contributed by atoms with Gasteiger partial charge in [-0.05, 0) is 23.8 Å². The minimum Gasteiger partial charge on any atom is -0.370 e. The lowest BCUT2D eigenvalue weighted by Gasteiger charge is -2.24. The molecule has 0 spiro atoms. The minimum absolute atomic E-state index is 0. The standard InChI is InChI=1S/C16H19ClN4.HI/c1-16(2,12-7-3-4-8-13(12)17)11-20-15(18)21-14-9-5-6-10-19-14;/h3-10H,11H2,1-2H3,(H3,18,19,20,21);1H. The number of hydrogen-bond acceptors (Lipinski definition) is 2. The number of nitrogens with two attached hydrogens (primary N) is 1. The molecule has 0 bridgehead atoms. The Morgan fingerprint density at radius 1 is 1.23 bits per heavy atom. The van der Waals surface area contributed by atoms with Crippen molar-refractivity contribution in [3.8, 4) is 0 Å². The number of guanidine groups is 1. The maximum Gasteiger partial charge on any atom is 0.194 e. The number of rotatable bonds is 4. The molecule has 0 aliphatic rings. The molecule has 0 saturated carbocycles. The number of nitrogens with zero attached hydrogens (tertiary/aromatic N) is 2. The molecule has 0 amide bonds. The Labute approximate surface area is 153 Å². The van der Waals surface area contributed by atoms with Crippen molar-refractivity contribution in [1.82, 2.24) is 4.98 Å². The molecule has 0 aliphatic carbocycles. The third kappa shape index (κ3) is 5.14. The van der Waals surface area contributed by atoms with E-state index < -0.39 is 0 Å². The van der Waals surface area contributed by atoms with Crippen LogP contribution in [0.2, 0.25) is 5.02 Å². The van der Waals surface area contributed by atoms with E-state index in [1.54, 1.807) is 6.20 Å². The molecule has 0 unspecified atom stereocenters. The minimum atomic E-state index is -0.200. The molecule has 0 aliphatic heterocycles. The first-order valence-electron chi connectivity index (χ1n) is 6.72. The highest BCUT2D eigenvalue weighted by Gasteiger charge is 2.22. The highest BCUT2D eigenvalue weighted by atomic mass is 127. The molecule has 0 saturated heterocycles. The van der Waals surface area contributed by atoms with Crippen LogP contribution < -0.4 is 11.1 Å². The smallest absolute Gasteiger partial charge is 0.194 e. The molecule has 1 aromatic carbocycles. The molecule has 4 nitrogen and oxygen atoms in total. The topological polar surface area (TPSA) is 63.3 Å². The van der Waals surface area contributed by atoms with Crippen LogP contribution in [-0.2, 0) is 5.41 Å². The summed E-state index contributed by atoms with van der Waals surface area (Å²) >= 11 is 6.25. The predicted molar refractivity (Wildman–Crippen MR) is 104 cm³/mol. The van der Waals surface area contributed by atoms with Gasteiger partial charge in [0, 0.05) is 16.6 Å². The summed E-state index contributed by atoms with van der Waals surface area (Å²) in [7, 11) is 0.